The molecule has 1 N–H and O–H groups in total. The third-order valence-electron chi connectivity index (χ3n) is 3.14. The second kappa shape index (κ2) is 6.12. The molecule has 2 aromatic rings. The van der Waals surface area contributed by atoms with E-state index in [9.17, 15) is 4.39 Å². The number of hydrogen-bond acceptors (Lipinski definition) is 2. The zero-order valence-corrected chi connectivity index (χ0v) is 11.6. The zero-order valence-electron chi connectivity index (χ0n) is 10.7. The maximum absolute atomic E-state index is 13.2. The average Bonchev–Trinajstić information content (AvgIpc) is 2.88. The predicted molar refractivity (Wildman–Crippen MR) is 75.3 cm³/mol. The van der Waals surface area contributed by atoms with Crippen molar-refractivity contribution in [1.29, 1.82) is 0 Å². The Bertz CT molecular complexity index is 493. The molecule has 0 spiro atoms. The van der Waals surface area contributed by atoms with E-state index in [0.717, 1.165) is 17.5 Å². The number of benzene rings is 1. The molecular weight excluding hydrogens is 245 g/mol. The minimum absolute atomic E-state index is 0.165. The van der Waals surface area contributed by atoms with Crippen molar-refractivity contribution in [1.82, 2.24) is 5.32 Å². The molecule has 0 aliphatic heterocycles. The SMILES string of the molecule is CCC(NCc1cc(F)ccc1C)c1cccs1. The van der Waals surface area contributed by atoms with Crippen LogP contribution in [0.15, 0.2) is 35.7 Å². The first kappa shape index (κ1) is 13.2. The highest BCUT2D eigenvalue weighted by Gasteiger charge is 2.10. The number of aryl methyl sites for hydroxylation is 1. The van der Waals surface area contributed by atoms with E-state index >= 15 is 0 Å². The van der Waals surface area contributed by atoms with Gasteiger partial charge in [0.25, 0.3) is 0 Å². The van der Waals surface area contributed by atoms with Gasteiger partial charge in [-0.05, 0) is 48.1 Å². The molecule has 0 aliphatic carbocycles. The number of rotatable bonds is 5. The summed E-state index contributed by atoms with van der Waals surface area (Å²) in [4.78, 5) is 1.34. The molecule has 1 atom stereocenters. The summed E-state index contributed by atoms with van der Waals surface area (Å²) < 4.78 is 13.2. The van der Waals surface area contributed by atoms with Gasteiger partial charge >= 0.3 is 0 Å². The van der Waals surface area contributed by atoms with E-state index in [2.05, 4.69) is 29.8 Å². The first-order valence-corrected chi connectivity index (χ1v) is 7.10. The van der Waals surface area contributed by atoms with Crippen LogP contribution >= 0.6 is 11.3 Å². The minimum Gasteiger partial charge on any atom is -0.305 e. The first-order valence-electron chi connectivity index (χ1n) is 6.22. The molecule has 0 radical (unpaired) electrons. The standard InChI is InChI=1S/C15H18FNS/c1-3-14(15-5-4-8-18-15)17-10-12-9-13(16)7-6-11(12)2/h4-9,14,17H,3,10H2,1-2H3. The highest BCUT2D eigenvalue weighted by molar-refractivity contribution is 7.10. The number of halogens is 1. The van der Waals surface area contributed by atoms with Crippen LogP contribution < -0.4 is 5.32 Å². The summed E-state index contributed by atoms with van der Waals surface area (Å²) in [5, 5.41) is 5.59. The van der Waals surface area contributed by atoms with Crippen LogP contribution in [0.5, 0.6) is 0 Å². The fraction of sp³-hybridized carbons (Fsp3) is 0.333. The van der Waals surface area contributed by atoms with Gasteiger partial charge in [-0.3, -0.25) is 0 Å². The van der Waals surface area contributed by atoms with Crippen LogP contribution in [-0.2, 0) is 6.54 Å². The van der Waals surface area contributed by atoms with Gasteiger partial charge in [-0.25, -0.2) is 4.39 Å². The lowest BCUT2D eigenvalue weighted by Crippen LogP contribution is -2.20. The lowest BCUT2D eigenvalue weighted by Gasteiger charge is -2.16. The van der Waals surface area contributed by atoms with Gasteiger partial charge < -0.3 is 5.32 Å². The molecular formula is C15H18FNS. The van der Waals surface area contributed by atoms with Gasteiger partial charge in [-0.1, -0.05) is 19.1 Å². The Morgan fingerprint density at radius 2 is 2.17 bits per heavy atom. The summed E-state index contributed by atoms with van der Waals surface area (Å²) in [6.45, 7) is 4.89. The van der Waals surface area contributed by atoms with Crippen molar-refractivity contribution >= 4 is 11.3 Å². The Morgan fingerprint density at radius 1 is 1.33 bits per heavy atom. The molecule has 2 rings (SSSR count). The van der Waals surface area contributed by atoms with Gasteiger partial charge in [0.2, 0.25) is 0 Å². The Hall–Kier alpha value is -1.19. The number of nitrogens with one attached hydrogen (secondary N) is 1. The van der Waals surface area contributed by atoms with Gasteiger partial charge in [0.15, 0.2) is 0 Å². The largest absolute Gasteiger partial charge is 0.305 e. The number of thiophene rings is 1. The van der Waals surface area contributed by atoms with Crippen molar-refractivity contribution in [3.8, 4) is 0 Å². The van der Waals surface area contributed by atoms with Crippen molar-refractivity contribution in [2.45, 2.75) is 32.9 Å². The molecule has 1 nitrogen and oxygen atoms in total. The third kappa shape index (κ3) is 3.18. The molecule has 18 heavy (non-hydrogen) atoms. The van der Waals surface area contributed by atoms with Crippen LogP contribution in [-0.4, -0.2) is 0 Å². The zero-order chi connectivity index (χ0) is 13.0. The Balaban J connectivity index is 2.04. The van der Waals surface area contributed by atoms with Crippen molar-refractivity contribution < 1.29 is 4.39 Å². The summed E-state index contributed by atoms with van der Waals surface area (Å²) in [5.74, 6) is -0.165. The molecule has 0 saturated heterocycles. The first-order chi connectivity index (χ1) is 8.70. The quantitative estimate of drug-likeness (QED) is 0.841. The number of hydrogen-bond donors (Lipinski definition) is 1. The van der Waals surface area contributed by atoms with Crippen LogP contribution in [0.3, 0.4) is 0 Å². The monoisotopic (exact) mass is 263 g/mol. The highest BCUT2D eigenvalue weighted by Crippen LogP contribution is 2.22. The third-order valence-corrected chi connectivity index (χ3v) is 4.13. The Morgan fingerprint density at radius 3 is 2.83 bits per heavy atom. The van der Waals surface area contributed by atoms with E-state index in [0.29, 0.717) is 12.6 Å². The molecule has 1 aromatic carbocycles. The van der Waals surface area contributed by atoms with Crippen molar-refractivity contribution in [3.05, 3.63) is 57.5 Å². The topological polar surface area (TPSA) is 12.0 Å². The summed E-state index contributed by atoms with van der Waals surface area (Å²) >= 11 is 1.76. The van der Waals surface area contributed by atoms with Crippen molar-refractivity contribution in [2.75, 3.05) is 0 Å². The summed E-state index contributed by atoms with van der Waals surface area (Å²) in [6.07, 6.45) is 1.04. The van der Waals surface area contributed by atoms with Gasteiger partial charge in [-0.2, -0.15) is 0 Å². The van der Waals surface area contributed by atoms with E-state index in [1.807, 2.05) is 13.0 Å². The predicted octanol–water partition coefficient (Wildman–Crippen LogP) is 4.44. The molecule has 1 aromatic heterocycles. The molecule has 0 saturated carbocycles. The van der Waals surface area contributed by atoms with Crippen molar-refractivity contribution in [3.63, 3.8) is 0 Å². The van der Waals surface area contributed by atoms with E-state index < -0.39 is 0 Å². The van der Waals surface area contributed by atoms with Crippen LogP contribution in [0.1, 0.15) is 35.4 Å². The van der Waals surface area contributed by atoms with Crippen LogP contribution in [0.25, 0.3) is 0 Å². The second-order valence-electron chi connectivity index (χ2n) is 4.43. The van der Waals surface area contributed by atoms with Crippen LogP contribution in [0.2, 0.25) is 0 Å². The average molecular weight is 263 g/mol. The fourth-order valence-electron chi connectivity index (χ4n) is 2.00. The summed E-state index contributed by atoms with van der Waals surface area (Å²) in [6, 6.07) is 9.52. The highest BCUT2D eigenvalue weighted by atomic mass is 32.1. The maximum atomic E-state index is 13.2. The molecule has 1 heterocycles. The fourth-order valence-corrected chi connectivity index (χ4v) is 2.88. The van der Waals surface area contributed by atoms with E-state index in [4.69, 9.17) is 0 Å². The molecule has 0 aliphatic rings. The Labute approximate surface area is 112 Å². The summed E-state index contributed by atoms with van der Waals surface area (Å²) in [5.41, 5.74) is 2.16. The van der Waals surface area contributed by atoms with Crippen LogP contribution in [0.4, 0.5) is 4.39 Å². The molecule has 3 heteroatoms. The molecule has 96 valence electrons. The molecule has 0 fully saturated rings. The Kier molecular flexibility index (Phi) is 4.50. The van der Waals surface area contributed by atoms with E-state index in [1.54, 1.807) is 17.4 Å². The normalized spacial score (nSPS) is 12.6. The second-order valence-corrected chi connectivity index (χ2v) is 5.41. The lowest BCUT2D eigenvalue weighted by molar-refractivity contribution is 0.523. The maximum Gasteiger partial charge on any atom is 0.123 e. The smallest absolute Gasteiger partial charge is 0.123 e. The minimum atomic E-state index is -0.165. The van der Waals surface area contributed by atoms with Crippen LogP contribution in [0, 0.1) is 12.7 Å². The van der Waals surface area contributed by atoms with E-state index in [1.165, 1.54) is 10.9 Å². The van der Waals surface area contributed by atoms with Gasteiger partial charge in [0, 0.05) is 17.5 Å². The van der Waals surface area contributed by atoms with Gasteiger partial charge in [-0.15, -0.1) is 11.3 Å². The molecule has 0 amide bonds. The lowest BCUT2D eigenvalue weighted by atomic mass is 10.1. The molecule has 0 bridgehead atoms. The summed E-state index contributed by atoms with van der Waals surface area (Å²) in [7, 11) is 0. The van der Waals surface area contributed by atoms with Gasteiger partial charge in [0.05, 0.1) is 0 Å². The van der Waals surface area contributed by atoms with Crippen molar-refractivity contribution in [2.24, 2.45) is 0 Å². The molecule has 1 unspecified atom stereocenters. The van der Waals surface area contributed by atoms with Gasteiger partial charge in [0.1, 0.15) is 5.82 Å². The van der Waals surface area contributed by atoms with E-state index in [-0.39, 0.29) is 5.82 Å².